The number of amides is 1. The van der Waals surface area contributed by atoms with E-state index in [9.17, 15) is 9.59 Å². The normalized spacial score (nSPS) is 15.5. The number of hydrogen-bond donors (Lipinski definition) is 1. The molecule has 1 saturated heterocycles. The Hall–Kier alpha value is -2.40. The number of piperazine rings is 1. The molecule has 5 nitrogen and oxygen atoms in total. The fourth-order valence-corrected chi connectivity index (χ4v) is 2.95. The highest BCUT2D eigenvalue weighted by Crippen LogP contribution is 2.10. The van der Waals surface area contributed by atoms with Gasteiger partial charge in [-0.3, -0.25) is 14.5 Å². The lowest BCUT2D eigenvalue weighted by Crippen LogP contribution is -2.48. The fraction of sp³-hybridized carbons (Fsp3) is 0.368. The van der Waals surface area contributed by atoms with Gasteiger partial charge in [-0.05, 0) is 18.1 Å². The third-order valence-corrected chi connectivity index (χ3v) is 4.46. The number of aromatic amines is 1. The number of hydrogen-bond acceptors (Lipinski definition) is 3. The van der Waals surface area contributed by atoms with Gasteiger partial charge in [0.25, 0.3) is 0 Å². The van der Waals surface area contributed by atoms with Crippen LogP contribution in [0, 0.1) is 6.92 Å². The lowest BCUT2D eigenvalue weighted by atomic mass is 10.1. The number of H-pyrrole nitrogens is 1. The van der Waals surface area contributed by atoms with E-state index in [-0.39, 0.29) is 11.5 Å². The van der Waals surface area contributed by atoms with E-state index in [2.05, 4.69) is 9.88 Å². The number of carbonyl (C=O) groups is 1. The van der Waals surface area contributed by atoms with Gasteiger partial charge in [-0.15, -0.1) is 0 Å². The van der Waals surface area contributed by atoms with Crippen LogP contribution in [-0.2, 0) is 17.8 Å². The first kappa shape index (κ1) is 16.5. The summed E-state index contributed by atoms with van der Waals surface area (Å²) in [5, 5.41) is 0. The predicted octanol–water partition coefficient (Wildman–Crippen LogP) is 1.57. The molecular weight excluding hydrogens is 302 g/mol. The van der Waals surface area contributed by atoms with E-state index >= 15 is 0 Å². The van der Waals surface area contributed by atoms with Crippen LogP contribution in [0.1, 0.15) is 16.7 Å². The summed E-state index contributed by atoms with van der Waals surface area (Å²) < 4.78 is 0. The van der Waals surface area contributed by atoms with Gasteiger partial charge in [-0.25, -0.2) is 0 Å². The van der Waals surface area contributed by atoms with Gasteiger partial charge in [0.1, 0.15) is 0 Å². The monoisotopic (exact) mass is 325 g/mol. The molecule has 0 spiro atoms. The number of carbonyl (C=O) groups excluding carboxylic acids is 1. The third-order valence-electron chi connectivity index (χ3n) is 4.46. The molecule has 2 heterocycles. The minimum atomic E-state index is -0.0785. The summed E-state index contributed by atoms with van der Waals surface area (Å²) in [7, 11) is 0. The molecule has 24 heavy (non-hydrogen) atoms. The fourth-order valence-electron chi connectivity index (χ4n) is 2.95. The largest absolute Gasteiger partial charge is 0.340 e. The van der Waals surface area contributed by atoms with Crippen molar-refractivity contribution >= 4 is 5.91 Å². The molecule has 3 rings (SSSR count). The summed E-state index contributed by atoms with van der Waals surface area (Å²) in [6, 6.07) is 11.6. The molecule has 0 unspecified atom stereocenters. The Bertz CT molecular complexity index is 723. The highest BCUT2D eigenvalue weighted by Gasteiger charge is 2.21. The molecule has 5 heteroatoms. The first-order valence-electron chi connectivity index (χ1n) is 8.33. The van der Waals surface area contributed by atoms with E-state index in [0.29, 0.717) is 6.42 Å². The Balaban J connectivity index is 1.49. The molecule has 0 aliphatic carbocycles. The highest BCUT2D eigenvalue weighted by atomic mass is 16.2. The Morgan fingerprint density at radius 3 is 2.29 bits per heavy atom. The number of rotatable bonds is 4. The molecule has 0 atom stereocenters. The molecule has 0 saturated carbocycles. The van der Waals surface area contributed by atoms with E-state index < -0.39 is 0 Å². The van der Waals surface area contributed by atoms with Crippen LogP contribution in [0.25, 0.3) is 0 Å². The van der Waals surface area contributed by atoms with E-state index in [1.807, 2.05) is 42.2 Å². The minimum Gasteiger partial charge on any atom is -0.340 e. The van der Waals surface area contributed by atoms with Gasteiger partial charge in [0.05, 0.1) is 6.42 Å². The van der Waals surface area contributed by atoms with Crippen LogP contribution < -0.4 is 5.56 Å². The van der Waals surface area contributed by atoms with Crippen molar-refractivity contribution in [3.63, 3.8) is 0 Å². The summed E-state index contributed by atoms with van der Waals surface area (Å²) in [4.78, 5) is 30.5. The smallest absolute Gasteiger partial charge is 0.247 e. The lowest BCUT2D eigenvalue weighted by molar-refractivity contribution is -0.132. The van der Waals surface area contributed by atoms with E-state index in [1.54, 1.807) is 12.3 Å². The van der Waals surface area contributed by atoms with Crippen LogP contribution in [0.5, 0.6) is 0 Å². The standard InChI is InChI=1S/C19H23N3O2/c1-15-2-4-16(5-3-15)12-19(24)22-10-8-21(9-11-22)14-17-6-7-18(23)20-13-17/h2-7,13H,8-12,14H2,1H3,(H,20,23). The Morgan fingerprint density at radius 1 is 1.00 bits per heavy atom. The third kappa shape index (κ3) is 4.32. The van der Waals surface area contributed by atoms with Crippen LogP contribution in [0.3, 0.4) is 0 Å². The molecule has 0 bridgehead atoms. The zero-order chi connectivity index (χ0) is 16.9. The molecule has 2 aromatic rings. The van der Waals surface area contributed by atoms with Gasteiger partial charge in [-0.1, -0.05) is 35.9 Å². The molecule has 1 fully saturated rings. The second-order valence-electron chi connectivity index (χ2n) is 6.38. The number of aromatic nitrogens is 1. The lowest BCUT2D eigenvalue weighted by Gasteiger charge is -2.34. The van der Waals surface area contributed by atoms with Crippen molar-refractivity contribution < 1.29 is 4.79 Å². The first-order valence-corrected chi connectivity index (χ1v) is 8.33. The van der Waals surface area contributed by atoms with Gasteiger partial charge in [0.15, 0.2) is 0 Å². The SMILES string of the molecule is Cc1ccc(CC(=O)N2CCN(Cc3ccc(=O)[nH]c3)CC2)cc1. The molecule has 1 aromatic carbocycles. The van der Waals surface area contributed by atoms with E-state index in [1.165, 1.54) is 5.56 Å². The maximum absolute atomic E-state index is 12.4. The average Bonchev–Trinajstić information content (AvgIpc) is 2.59. The van der Waals surface area contributed by atoms with E-state index in [0.717, 1.165) is 43.9 Å². The number of pyridine rings is 1. The molecule has 0 radical (unpaired) electrons. The van der Waals surface area contributed by atoms with Crippen molar-refractivity contribution in [2.24, 2.45) is 0 Å². The molecule has 1 aromatic heterocycles. The second kappa shape index (κ2) is 7.45. The maximum Gasteiger partial charge on any atom is 0.247 e. The minimum absolute atomic E-state index is 0.0785. The molecular formula is C19H23N3O2. The van der Waals surface area contributed by atoms with Crippen molar-refractivity contribution in [3.8, 4) is 0 Å². The van der Waals surface area contributed by atoms with Crippen molar-refractivity contribution in [1.29, 1.82) is 0 Å². The summed E-state index contributed by atoms with van der Waals surface area (Å²) >= 11 is 0. The van der Waals surface area contributed by atoms with Crippen molar-refractivity contribution in [1.82, 2.24) is 14.8 Å². The van der Waals surface area contributed by atoms with Gasteiger partial charge in [0.2, 0.25) is 11.5 Å². The second-order valence-corrected chi connectivity index (χ2v) is 6.38. The van der Waals surface area contributed by atoms with E-state index in [4.69, 9.17) is 0 Å². The Kier molecular flexibility index (Phi) is 5.11. The van der Waals surface area contributed by atoms with Crippen molar-refractivity contribution in [2.45, 2.75) is 19.9 Å². The van der Waals surface area contributed by atoms with Crippen molar-refractivity contribution in [2.75, 3.05) is 26.2 Å². The predicted molar refractivity (Wildman–Crippen MR) is 93.8 cm³/mol. The summed E-state index contributed by atoms with van der Waals surface area (Å²) in [6.45, 7) is 6.09. The van der Waals surface area contributed by atoms with Crippen LogP contribution >= 0.6 is 0 Å². The summed E-state index contributed by atoms with van der Waals surface area (Å²) in [5.41, 5.74) is 3.29. The number of nitrogens with zero attached hydrogens (tertiary/aromatic N) is 2. The van der Waals surface area contributed by atoms with Crippen molar-refractivity contribution in [3.05, 3.63) is 69.6 Å². The maximum atomic E-state index is 12.4. The zero-order valence-electron chi connectivity index (χ0n) is 14.0. The number of nitrogens with one attached hydrogen (secondary N) is 1. The molecule has 1 aliphatic heterocycles. The van der Waals surface area contributed by atoms with Gasteiger partial charge < -0.3 is 9.88 Å². The van der Waals surface area contributed by atoms with Crippen LogP contribution in [-0.4, -0.2) is 46.9 Å². The Labute approximate surface area is 141 Å². The number of benzene rings is 1. The highest BCUT2D eigenvalue weighted by molar-refractivity contribution is 5.78. The van der Waals surface area contributed by atoms with Crippen LogP contribution in [0.2, 0.25) is 0 Å². The Morgan fingerprint density at radius 2 is 1.67 bits per heavy atom. The summed E-state index contributed by atoms with van der Waals surface area (Å²) in [5.74, 6) is 0.197. The molecule has 126 valence electrons. The van der Waals surface area contributed by atoms with Crippen LogP contribution in [0.4, 0.5) is 0 Å². The molecule has 1 amide bonds. The van der Waals surface area contributed by atoms with Gasteiger partial charge in [-0.2, -0.15) is 0 Å². The quantitative estimate of drug-likeness (QED) is 0.928. The summed E-state index contributed by atoms with van der Waals surface area (Å²) in [6.07, 6.45) is 2.23. The average molecular weight is 325 g/mol. The molecule has 1 aliphatic rings. The van der Waals surface area contributed by atoms with Crippen LogP contribution in [0.15, 0.2) is 47.4 Å². The topological polar surface area (TPSA) is 56.4 Å². The molecule has 1 N–H and O–H groups in total. The van der Waals surface area contributed by atoms with Gasteiger partial charge in [0, 0.05) is 45.0 Å². The number of aryl methyl sites for hydroxylation is 1. The van der Waals surface area contributed by atoms with Gasteiger partial charge >= 0.3 is 0 Å². The first-order chi connectivity index (χ1) is 11.6. The zero-order valence-corrected chi connectivity index (χ0v) is 14.0.